The summed E-state index contributed by atoms with van der Waals surface area (Å²) in [5.74, 6) is 0. The Bertz CT molecular complexity index is 8.00. The van der Waals surface area contributed by atoms with Gasteiger partial charge < -0.3 is 0 Å². The van der Waals surface area contributed by atoms with Gasteiger partial charge in [-0.25, -0.2) is 0 Å². The molecule has 0 atom stereocenters. The molecule has 0 saturated carbocycles. The van der Waals surface area contributed by atoms with E-state index in [1.54, 1.807) is 0 Å². The third-order valence-corrected chi connectivity index (χ3v) is 0. The van der Waals surface area contributed by atoms with Crippen molar-refractivity contribution in [1.82, 2.24) is 0 Å². The van der Waals surface area contributed by atoms with Gasteiger partial charge in [-0.05, 0) is 0 Å². The Morgan fingerprint density at radius 2 is 1.25 bits per heavy atom. The molecule has 0 fully saturated rings. The second kappa shape index (κ2) is 17.8. The van der Waals surface area contributed by atoms with E-state index in [0.29, 0.717) is 0 Å². The van der Waals surface area contributed by atoms with Crippen molar-refractivity contribution >= 4 is 0 Å². The van der Waals surface area contributed by atoms with Gasteiger partial charge in [0.1, 0.15) is 0 Å². The van der Waals surface area contributed by atoms with Crippen LogP contribution in [0.4, 0.5) is 0 Å². The molecule has 17 valence electrons. The predicted molar refractivity (Wildman–Crippen MR) is 0.686 cm³/mol. The zero-order valence-corrected chi connectivity index (χ0v) is 8.84. The van der Waals surface area contributed by atoms with E-state index in [-0.39, 0.29) is 58.9 Å². The molecule has 4 heavy (non-hydrogen) atoms. The van der Waals surface area contributed by atoms with Crippen molar-refractivity contribution < 1.29 is 82.6 Å². The Morgan fingerprint density at radius 1 is 1.25 bits per heavy atom. The summed E-state index contributed by atoms with van der Waals surface area (Å²) < 4.78 is 8.25. The first kappa shape index (κ1) is 16.0. The van der Waals surface area contributed by atoms with Gasteiger partial charge in [0.25, 0.3) is 0 Å². The van der Waals surface area contributed by atoms with Crippen molar-refractivity contribution in [3.05, 3.63) is 0 Å². The fourth-order valence-electron chi connectivity index (χ4n) is 0. The first-order chi connectivity index (χ1) is 1.00. The van der Waals surface area contributed by atoms with Crippen LogP contribution < -0.4 is 0 Å². The molecule has 0 aromatic heterocycles. The zero-order chi connectivity index (χ0) is 2.00. The van der Waals surface area contributed by atoms with Gasteiger partial charge in [0, 0.05) is 58.9 Å². The monoisotopic (exact) mass is 243 g/mol. The summed E-state index contributed by atoms with van der Waals surface area (Å²) in [6.45, 7) is 0. The maximum Gasteiger partial charge on any atom is 0 e. The van der Waals surface area contributed by atoms with E-state index >= 15 is 0 Å². The number of hydrogen-bond donors (Lipinski definition) is 0. The van der Waals surface area contributed by atoms with Crippen molar-refractivity contribution in [1.29, 1.82) is 0 Å². The van der Waals surface area contributed by atoms with E-state index in [1.165, 1.54) is 0 Å². The molecule has 1 radical (unpaired) electrons. The maximum absolute atomic E-state index is 8.25. The molecule has 1 nitrogen and oxygen atoms in total. The van der Waals surface area contributed by atoms with Gasteiger partial charge in [-0.2, -0.15) is 0 Å². The fourth-order valence-corrected chi connectivity index (χ4v) is 0. The van der Waals surface area contributed by atoms with Crippen LogP contribution in [0.3, 0.4) is 0 Å². The Kier molecular flexibility index (Phi) is 71.5. The van der Waals surface area contributed by atoms with Crippen LogP contribution in [0.5, 0.6) is 0 Å². The molecule has 0 bridgehead atoms. The van der Waals surface area contributed by atoms with E-state index in [0.717, 1.165) is 20.4 Å². The van der Waals surface area contributed by atoms with Crippen molar-refractivity contribution in [2.24, 2.45) is 0 Å². The predicted octanol–water partition coefficient (Wildman–Crippen LogP) is -0.126. The summed E-state index contributed by atoms with van der Waals surface area (Å²) >= 11 is 0.750. The van der Waals surface area contributed by atoms with Gasteiger partial charge in [-0.15, -0.1) is 0 Å². The Hall–Kier alpha value is 2.50. The molecule has 0 rings (SSSR count). The third-order valence-electron chi connectivity index (χ3n) is 0. The smallest absolute Gasteiger partial charge is 0 e. The minimum atomic E-state index is 0. The van der Waals surface area contributed by atoms with Gasteiger partial charge in [0.15, 0.2) is 0 Å². The fraction of sp³-hybridized carbons (Fsp3) is 0. The third kappa shape index (κ3) is 8.82. The minimum Gasteiger partial charge on any atom is 0 e. The summed E-state index contributed by atoms with van der Waals surface area (Å²) in [6.07, 6.45) is 0. The number of hydrogen-bond acceptors (Lipinski definition) is 1. The van der Waals surface area contributed by atoms with Crippen molar-refractivity contribution in [3.8, 4) is 0 Å². The molecule has 0 aromatic carbocycles. The van der Waals surface area contributed by atoms with Gasteiger partial charge in [-0.1, -0.05) is 0 Å². The molecule has 0 spiro atoms. The summed E-state index contributed by atoms with van der Waals surface area (Å²) in [4.78, 5) is 0. The normalized spacial score (nSPS) is 0.750. The Labute approximate surface area is 81.0 Å². The summed E-state index contributed by atoms with van der Waals surface area (Å²) in [5, 5.41) is 0. The van der Waals surface area contributed by atoms with E-state index in [9.17, 15) is 0 Å². The Balaban J connectivity index is -0.00000000500. The average molecular weight is 244 g/mol. The summed E-state index contributed by atoms with van der Waals surface area (Å²) in [5.41, 5.74) is 0. The standard InChI is InChI=1S/O.Ti.Y.Zr. The van der Waals surface area contributed by atoms with Crippen LogP contribution in [0.2, 0.25) is 0 Å². The van der Waals surface area contributed by atoms with Crippen LogP contribution in [0.25, 0.3) is 0 Å². The molecule has 0 aliphatic carbocycles. The quantitative estimate of drug-likeness (QED) is 0.542. The second-order valence-electron chi connectivity index (χ2n) is 0. The molecule has 4 heteroatoms. The molecule has 0 aliphatic rings. The molecule has 0 saturated heterocycles. The first-order valence-corrected chi connectivity index (χ1v) is 0.842. The molecular weight excluding hydrogens is 244 g/mol. The Morgan fingerprint density at radius 3 is 1.25 bits per heavy atom. The van der Waals surface area contributed by atoms with Crippen LogP contribution >= 0.6 is 0 Å². The van der Waals surface area contributed by atoms with Crippen molar-refractivity contribution in [2.75, 3.05) is 0 Å². The molecule has 0 N–H and O–H groups in total. The van der Waals surface area contributed by atoms with E-state index < -0.39 is 0 Å². The summed E-state index contributed by atoms with van der Waals surface area (Å²) in [6, 6.07) is 0. The van der Waals surface area contributed by atoms with E-state index in [1.807, 2.05) is 0 Å². The summed E-state index contributed by atoms with van der Waals surface area (Å²) in [7, 11) is 0. The maximum atomic E-state index is 8.25. The van der Waals surface area contributed by atoms with Gasteiger partial charge in [0.05, 0.1) is 0 Å². The molecule has 0 aromatic rings. The molecule has 0 unspecified atom stereocenters. The number of rotatable bonds is 0. The van der Waals surface area contributed by atoms with E-state index in [4.69, 9.17) is 3.32 Å². The van der Waals surface area contributed by atoms with E-state index in [2.05, 4.69) is 0 Å². The van der Waals surface area contributed by atoms with Crippen LogP contribution in [-0.4, -0.2) is 0 Å². The van der Waals surface area contributed by atoms with Gasteiger partial charge >= 0.3 is 23.7 Å². The van der Waals surface area contributed by atoms with Crippen LogP contribution in [-0.2, 0) is 82.6 Å². The van der Waals surface area contributed by atoms with Crippen molar-refractivity contribution in [2.45, 2.75) is 0 Å². The second-order valence-corrected chi connectivity index (χ2v) is 0. The van der Waals surface area contributed by atoms with Gasteiger partial charge in [-0.3, -0.25) is 0 Å². The molecule has 0 aliphatic heterocycles. The zero-order valence-electron chi connectivity index (χ0n) is 1.99. The first-order valence-electron chi connectivity index (χ1n) is 0.204. The van der Waals surface area contributed by atoms with Crippen LogP contribution in [0.15, 0.2) is 0 Å². The molecule has 0 heterocycles. The minimum absolute atomic E-state index is 0. The van der Waals surface area contributed by atoms with Crippen molar-refractivity contribution in [3.63, 3.8) is 0 Å². The van der Waals surface area contributed by atoms with Crippen LogP contribution in [0.1, 0.15) is 0 Å². The largest absolute Gasteiger partial charge is 0 e. The SMILES string of the molecule is [O]=[Ti].[Y].[Zr]. The van der Waals surface area contributed by atoms with Crippen LogP contribution in [0, 0.1) is 0 Å². The molecular formula is OTiYZr. The average Bonchev–Trinajstić information content (AvgIpc) is 1.00. The topological polar surface area (TPSA) is 17.1 Å². The van der Waals surface area contributed by atoms with Gasteiger partial charge in [0.2, 0.25) is 0 Å². The molecule has 0 amide bonds.